The lowest BCUT2D eigenvalue weighted by atomic mass is 9.86. The predicted octanol–water partition coefficient (Wildman–Crippen LogP) is 3.97. The average Bonchev–Trinajstić information content (AvgIpc) is 2.66. The van der Waals surface area contributed by atoms with Crippen LogP contribution in [0.5, 0.6) is 0 Å². The Hall–Kier alpha value is -0.830. The van der Waals surface area contributed by atoms with Gasteiger partial charge in [0.2, 0.25) is 0 Å². The second kappa shape index (κ2) is 8.46. The molecule has 1 atom stereocenters. The van der Waals surface area contributed by atoms with E-state index < -0.39 is 0 Å². The molecule has 1 fully saturated rings. The van der Waals surface area contributed by atoms with Crippen LogP contribution in [0.1, 0.15) is 53.4 Å². The zero-order valence-electron chi connectivity index (χ0n) is 13.6. The van der Waals surface area contributed by atoms with Crippen molar-refractivity contribution in [2.45, 2.75) is 59.5 Å². The molecule has 0 aromatic rings. The molecule has 0 aromatic heterocycles. The number of rotatable bonds is 8. The van der Waals surface area contributed by atoms with Crippen LogP contribution in [0.2, 0.25) is 0 Å². The van der Waals surface area contributed by atoms with Crippen LogP contribution in [0.3, 0.4) is 0 Å². The number of allylic oxidation sites excluding steroid dienone is 1. The number of ether oxygens (including phenoxy) is 2. The van der Waals surface area contributed by atoms with E-state index in [9.17, 15) is 4.79 Å². The van der Waals surface area contributed by atoms with Gasteiger partial charge in [-0.1, -0.05) is 33.8 Å². The summed E-state index contributed by atoms with van der Waals surface area (Å²) in [5.74, 6) is 1.92. The van der Waals surface area contributed by atoms with Crippen LogP contribution in [-0.4, -0.2) is 25.8 Å². The first kappa shape index (κ1) is 17.2. The van der Waals surface area contributed by atoms with Gasteiger partial charge in [-0.05, 0) is 37.0 Å². The number of hydrogen-bond donors (Lipinski definition) is 0. The molecule has 0 bridgehead atoms. The van der Waals surface area contributed by atoms with Crippen molar-refractivity contribution in [3.8, 4) is 0 Å². The van der Waals surface area contributed by atoms with Gasteiger partial charge in [0.1, 0.15) is 6.10 Å². The Morgan fingerprint density at radius 2 is 1.85 bits per heavy atom. The van der Waals surface area contributed by atoms with Crippen molar-refractivity contribution in [2.75, 3.05) is 13.7 Å². The Balaban J connectivity index is 2.56. The second-order valence-electron chi connectivity index (χ2n) is 6.78. The van der Waals surface area contributed by atoms with Crippen LogP contribution in [0.15, 0.2) is 11.6 Å². The first-order valence-corrected chi connectivity index (χ1v) is 7.81. The van der Waals surface area contributed by atoms with Gasteiger partial charge < -0.3 is 9.47 Å². The van der Waals surface area contributed by atoms with Crippen LogP contribution < -0.4 is 0 Å². The normalized spacial score (nSPS) is 21.5. The van der Waals surface area contributed by atoms with Gasteiger partial charge in [-0.3, -0.25) is 0 Å². The molecule has 3 nitrogen and oxygen atoms in total. The van der Waals surface area contributed by atoms with Gasteiger partial charge in [0, 0.05) is 19.1 Å². The van der Waals surface area contributed by atoms with Crippen LogP contribution in [-0.2, 0) is 14.3 Å². The molecule has 1 heterocycles. The molecule has 0 amide bonds. The standard InChI is InChI=1S/C17H30O3/c1-12(2)8-14(9-13(3)4)6-7-15-10-16(11-19-5)20-17(15)18/h7,12-14,16H,6,8-11H2,1-5H3/b15-7+. The molecule has 0 spiro atoms. The van der Waals surface area contributed by atoms with Gasteiger partial charge in [-0.25, -0.2) is 4.79 Å². The third-order valence-electron chi connectivity index (χ3n) is 3.64. The van der Waals surface area contributed by atoms with Crippen molar-refractivity contribution >= 4 is 5.97 Å². The van der Waals surface area contributed by atoms with E-state index >= 15 is 0 Å². The van der Waals surface area contributed by atoms with Gasteiger partial charge in [0.25, 0.3) is 0 Å². The van der Waals surface area contributed by atoms with E-state index in [1.54, 1.807) is 7.11 Å². The van der Waals surface area contributed by atoms with E-state index in [-0.39, 0.29) is 12.1 Å². The van der Waals surface area contributed by atoms with E-state index in [0.29, 0.717) is 30.8 Å². The predicted molar refractivity (Wildman–Crippen MR) is 81.5 cm³/mol. The van der Waals surface area contributed by atoms with E-state index in [2.05, 4.69) is 33.8 Å². The molecule has 1 unspecified atom stereocenters. The number of hydrogen-bond acceptors (Lipinski definition) is 3. The molecule has 1 saturated heterocycles. The molecular weight excluding hydrogens is 252 g/mol. The summed E-state index contributed by atoms with van der Waals surface area (Å²) in [6.07, 6.45) is 6.14. The summed E-state index contributed by atoms with van der Waals surface area (Å²) in [5.41, 5.74) is 0.838. The SMILES string of the molecule is COCC1C/C(=C\CC(CC(C)C)CC(C)C)C(=O)O1. The second-order valence-corrected chi connectivity index (χ2v) is 6.78. The molecule has 0 saturated carbocycles. The summed E-state index contributed by atoms with van der Waals surface area (Å²) in [6.45, 7) is 9.54. The largest absolute Gasteiger partial charge is 0.456 e. The molecule has 0 aromatic carbocycles. The van der Waals surface area contributed by atoms with Crippen molar-refractivity contribution in [3.05, 3.63) is 11.6 Å². The maximum absolute atomic E-state index is 11.8. The average molecular weight is 282 g/mol. The number of methoxy groups -OCH3 is 1. The highest BCUT2D eigenvalue weighted by Gasteiger charge is 2.28. The third kappa shape index (κ3) is 6.08. The molecule has 0 radical (unpaired) electrons. The lowest BCUT2D eigenvalue weighted by Gasteiger charge is -2.19. The summed E-state index contributed by atoms with van der Waals surface area (Å²) >= 11 is 0. The topological polar surface area (TPSA) is 35.5 Å². The molecule has 1 aliphatic rings. The highest BCUT2D eigenvalue weighted by atomic mass is 16.6. The number of cyclic esters (lactones) is 1. The fourth-order valence-corrected chi connectivity index (χ4v) is 2.97. The molecule has 3 heteroatoms. The van der Waals surface area contributed by atoms with E-state index in [4.69, 9.17) is 9.47 Å². The van der Waals surface area contributed by atoms with Crippen LogP contribution in [0, 0.1) is 17.8 Å². The minimum absolute atomic E-state index is 0.0904. The van der Waals surface area contributed by atoms with Crippen LogP contribution >= 0.6 is 0 Å². The Morgan fingerprint density at radius 3 is 2.35 bits per heavy atom. The zero-order valence-corrected chi connectivity index (χ0v) is 13.6. The minimum Gasteiger partial charge on any atom is -0.456 e. The van der Waals surface area contributed by atoms with Gasteiger partial charge in [0.05, 0.1) is 6.61 Å². The monoisotopic (exact) mass is 282 g/mol. The highest BCUT2D eigenvalue weighted by molar-refractivity contribution is 5.90. The van der Waals surface area contributed by atoms with Crippen molar-refractivity contribution in [2.24, 2.45) is 17.8 Å². The Bertz CT molecular complexity index is 321. The van der Waals surface area contributed by atoms with E-state index in [0.717, 1.165) is 12.0 Å². The first-order chi connectivity index (χ1) is 9.42. The zero-order chi connectivity index (χ0) is 15.1. The molecule has 20 heavy (non-hydrogen) atoms. The quantitative estimate of drug-likeness (QED) is 0.499. The number of carbonyl (C=O) groups is 1. The van der Waals surface area contributed by atoms with Crippen LogP contribution in [0.4, 0.5) is 0 Å². The van der Waals surface area contributed by atoms with Gasteiger partial charge >= 0.3 is 5.97 Å². The lowest BCUT2D eigenvalue weighted by Crippen LogP contribution is -2.13. The van der Waals surface area contributed by atoms with Crippen molar-refractivity contribution < 1.29 is 14.3 Å². The van der Waals surface area contributed by atoms with Crippen molar-refractivity contribution in [1.29, 1.82) is 0 Å². The summed E-state index contributed by atoms with van der Waals surface area (Å²) in [4.78, 5) is 11.8. The molecule has 116 valence electrons. The molecule has 0 aliphatic carbocycles. The summed E-state index contributed by atoms with van der Waals surface area (Å²) in [5, 5.41) is 0. The number of carbonyl (C=O) groups excluding carboxylic acids is 1. The molecular formula is C17H30O3. The van der Waals surface area contributed by atoms with Gasteiger partial charge in [-0.2, -0.15) is 0 Å². The smallest absolute Gasteiger partial charge is 0.334 e. The maximum Gasteiger partial charge on any atom is 0.334 e. The molecule has 1 aliphatic heterocycles. The number of esters is 1. The fourth-order valence-electron chi connectivity index (χ4n) is 2.97. The van der Waals surface area contributed by atoms with E-state index in [1.807, 2.05) is 0 Å². The third-order valence-corrected chi connectivity index (χ3v) is 3.64. The van der Waals surface area contributed by atoms with Crippen molar-refractivity contribution in [1.82, 2.24) is 0 Å². The maximum atomic E-state index is 11.8. The van der Waals surface area contributed by atoms with E-state index in [1.165, 1.54) is 12.8 Å². The summed E-state index contributed by atoms with van der Waals surface area (Å²) in [6, 6.07) is 0. The van der Waals surface area contributed by atoms with Gasteiger partial charge in [-0.15, -0.1) is 0 Å². The van der Waals surface area contributed by atoms with Crippen LogP contribution in [0.25, 0.3) is 0 Å². The fraction of sp³-hybridized carbons (Fsp3) is 0.824. The Morgan fingerprint density at radius 1 is 1.25 bits per heavy atom. The van der Waals surface area contributed by atoms with Gasteiger partial charge in [0.15, 0.2) is 0 Å². The molecule has 1 rings (SSSR count). The Kier molecular flexibility index (Phi) is 7.28. The Labute approximate surface area is 123 Å². The lowest BCUT2D eigenvalue weighted by molar-refractivity contribution is -0.140. The summed E-state index contributed by atoms with van der Waals surface area (Å²) in [7, 11) is 1.64. The molecule has 0 N–H and O–H groups in total. The highest BCUT2D eigenvalue weighted by Crippen LogP contribution is 2.27. The minimum atomic E-state index is -0.153. The summed E-state index contributed by atoms with van der Waals surface area (Å²) < 4.78 is 10.3. The first-order valence-electron chi connectivity index (χ1n) is 7.81. The van der Waals surface area contributed by atoms with Crippen molar-refractivity contribution in [3.63, 3.8) is 0 Å².